The molecule has 0 spiro atoms. The lowest BCUT2D eigenvalue weighted by molar-refractivity contribution is 0.260. The summed E-state index contributed by atoms with van der Waals surface area (Å²) in [6.45, 7) is 4.48. The minimum atomic E-state index is -0.235. The molecule has 2 aromatic heterocycles. The molecule has 3 heterocycles. The first-order valence-corrected chi connectivity index (χ1v) is 7.76. The maximum atomic E-state index is 12.1. The highest BCUT2D eigenvalue weighted by molar-refractivity contribution is 8.02. The van der Waals surface area contributed by atoms with Gasteiger partial charge in [-0.1, -0.05) is 11.8 Å². The molecule has 0 radical (unpaired) electrons. The Bertz CT molecular complexity index is 787. The predicted octanol–water partition coefficient (Wildman–Crippen LogP) is 2.22. The van der Waals surface area contributed by atoms with Crippen LogP contribution in [0.1, 0.15) is 23.8 Å². The van der Waals surface area contributed by atoms with Crippen molar-refractivity contribution in [3.8, 4) is 5.75 Å². The lowest BCUT2D eigenvalue weighted by Gasteiger charge is -2.28. The molecule has 2 aromatic rings. The van der Waals surface area contributed by atoms with Gasteiger partial charge in [0, 0.05) is 24.2 Å². The summed E-state index contributed by atoms with van der Waals surface area (Å²) >= 11 is 1.55. The van der Waals surface area contributed by atoms with E-state index in [0.29, 0.717) is 6.54 Å². The maximum Gasteiger partial charge on any atom is 0.256 e. The summed E-state index contributed by atoms with van der Waals surface area (Å²) in [5.41, 5.74) is 2.37. The van der Waals surface area contributed by atoms with Gasteiger partial charge >= 0.3 is 0 Å². The summed E-state index contributed by atoms with van der Waals surface area (Å²) in [6, 6.07) is 2.74. The lowest BCUT2D eigenvalue weighted by atomic mass is 10.3. The van der Waals surface area contributed by atoms with Gasteiger partial charge < -0.3 is 10.0 Å². The number of hydrogen-bond acceptors (Lipinski definition) is 6. The fourth-order valence-corrected chi connectivity index (χ4v) is 3.47. The van der Waals surface area contributed by atoms with Gasteiger partial charge in [0.2, 0.25) is 0 Å². The molecule has 1 atom stereocenters. The van der Waals surface area contributed by atoms with Crippen LogP contribution < -0.4 is 5.56 Å². The van der Waals surface area contributed by atoms with Crippen LogP contribution in [0.25, 0.3) is 0 Å². The van der Waals surface area contributed by atoms with Crippen molar-refractivity contribution in [1.82, 2.24) is 19.4 Å². The third-order valence-electron chi connectivity index (χ3n) is 3.39. The number of allylic oxidation sites excluding steroid dienone is 1. The van der Waals surface area contributed by atoms with E-state index < -0.39 is 0 Å². The van der Waals surface area contributed by atoms with Crippen molar-refractivity contribution < 1.29 is 5.11 Å². The first kappa shape index (κ1) is 14.6. The molecule has 0 fully saturated rings. The molecule has 7 heteroatoms. The summed E-state index contributed by atoms with van der Waals surface area (Å²) < 4.78 is 1.60. The number of thioether (sulfide) groups is 1. The van der Waals surface area contributed by atoms with Crippen molar-refractivity contribution >= 4 is 11.8 Å². The Kier molecular flexibility index (Phi) is 3.89. The van der Waals surface area contributed by atoms with Gasteiger partial charge in [0.25, 0.3) is 5.56 Å². The van der Waals surface area contributed by atoms with Gasteiger partial charge in [-0.2, -0.15) is 0 Å². The summed E-state index contributed by atoms with van der Waals surface area (Å²) in [5, 5.41) is 11.4. The Balaban J connectivity index is 1.90. The van der Waals surface area contributed by atoms with Crippen molar-refractivity contribution in [2.75, 3.05) is 0 Å². The number of pyridine rings is 1. The summed E-state index contributed by atoms with van der Waals surface area (Å²) in [7, 11) is 0. The molecule has 6 nitrogen and oxygen atoms in total. The van der Waals surface area contributed by atoms with Gasteiger partial charge in [-0.3, -0.25) is 19.3 Å². The fourth-order valence-electron chi connectivity index (χ4n) is 2.32. The molecule has 1 N–H and O–H groups in total. The number of rotatable bonds is 3. The zero-order chi connectivity index (χ0) is 15.7. The highest BCUT2D eigenvalue weighted by Gasteiger charge is 2.27. The van der Waals surface area contributed by atoms with E-state index in [0.717, 1.165) is 17.1 Å². The van der Waals surface area contributed by atoms with Crippen molar-refractivity contribution in [3.05, 3.63) is 63.6 Å². The number of hydrogen-bond donors (Lipinski definition) is 1. The minimum absolute atomic E-state index is 0.0231. The van der Waals surface area contributed by atoms with Crippen LogP contribution >= 0.6 is 11.8 Å². The average Bonchev–Trinajstić information content (AvgIpc) is 2.81. The first-order valence-electron chi connectivity index (χ1n) is 6.82. The van der Waals surface area contributed by atoms with Crippen LogP contribution in [0.3, 0.4) is 0 Å². The van der Waals surface area contributed by atoms with E-state index >= 15 is 0 Å². The topological polar surface area (TPSA) is 71.2 Å². The molecule has 0 saturated carbocycles. The molecule has 22 heavy (non-hydrogen) atoms. The molecule has 0 aliphatic carbocycles. The van der Waals surface area contributed by atoms with E-state index in [1.54, 1.807) is 34.9 Å². The summed E-state index contributed by atoms with van der Waals surface area (Å²) in [4.78, 5) is 22.8. The highest BCUT2D eigenvalue weighted by atomic mass is 32.2. The van der Waals surface area contributed by atoms with Crippen LogP contribution in [-0.4, -0.2) is 24.5 Å². The van der Waals surface area contributed by atoms with Gasteiger partial charge in [-0.05, 0) is 25.3 Å². The lowest BCUT2D eigenvalue weighted by Crippen LogP contribution is -2.32. The Morgan fingerprint density at radius 3 is 2.91 bits per heavy atom. The molecule has 1 unspecified atom stereocenters. The molecule has 3 rings (SSSR count). The van der Waals surface area contributed by atoms with E-state index in [9.17, 15) is 9.90 Å². The van der Waals surface area contributed by atoms with Crippen LogP contribution in [0.5, 0.6) is 5.75 Å². The SMILES string of the molecule is CC1=CSC(n2ccc(O)cc2=O)N1Cc1cncc(C)n1. The summed E-state index contributed by atoms with van der Waals surface area (Å²) in [6.07, 6.45) is 5.06. The van der Waals surface area contributed by atoms with Crippen molar-refractivity contribution in [3.63, 3.8) is 0 Å². The second kappa shape index (κ2) is 5.84. The molecule has 0 amide bonds. The van der Waals surface area contributed by atoms with Gasteiger partial charge in [0.1, 0.15) is 5.75 Å². The average molecular weight is 316 g/mol. The van der Waals surface area contributed by atoms with Gasteiger partial charge in [-0.25, -0.2) is 0 Å². The second-order valence-electron chi connectivity index (χ2n) is 5.13. The molecular weight excluding hydrogens is 300 g/mol. The van der Waals surface area contributed by atoms with Gasteiger partial charge in [-0.15, -0.1) is 0 Å². The number of aryl methyl sites for hydroxylation is 1. The molecule has 0 aromatic carbocycles. The molecule has 0 bridgehead atoms. The van der Waals surface area contributed by atoms with E-state index in [4.69, 9.17) is 0 Å². The molecule has 114 valence electrons. The number of aromatic hydroxyl groups is 1. The van der Waals surface area contributed by atoms with Crippen LogP contribution in [-0.2, 0) is 6.54 Å². The maximum absolute atomic E-state index is 12.1. The standard InChI is InChI=1S/C15H16N4O2S/c1-10-6-16-7-12(17-10)8-19-11(2)9-22-15(19)18-4-3-13(20)5-14(18)21/h3-7,9,15,20H,8H2,1-2H3. The molecule has 1 aliphatic heterocycles. The van der Waals surface area contributed by atoms with Crippen LogP contribution in [0.2, 0.25) is 0 Å². The smallest absolute Gasteiger partial charge is 0.256 e. The third kappa shape index (κ3) is 2.85. The van der Waals surface area contributed by atoms with Gasteiger partial charge in [0.05, 0.1) is 24.1 Å². The Morgan fingerprint density at radius 2 is 2.18 bits per heavy atom. The molecule has 0 saturated heterocycles. The largest absolute Gasteiger partial charge is 0.508 e. The number of aromatic nitrogens is 3. The van der Waals surface area contributed by atoms with E-state index in [1.165, 1.54) is 12.1 Å². The predicted molar refractivity (Wildman–Crippen MR) is 85.1 cm³/mol. The number of nitrogens with zero attached hydrogens (tertiary/aromatic N) is 4. The van der Waals surface area contributed by atoms with E-state index in [-0.39, 0.29) is 16.8 Å². The monoisotopic (exact) mass is 316 g/mol. The van der Waals surface area contributed by atoms with Crippen molar-refractivity contribution in [2.45, 2.75) is 25.9 Å². The van der Waals surface area contributed by atoms with Gasteiger partial charge in [0.15, 0.2) is 5.50 Å². The Labute approximate surface area is 132 Å². The second-order valence-corrected chi connectivity index (χ2v) is 6.06. The van der Waals surface area contributed by atoms with E-state index in [2.05, 4.69) is 14.9 Å². The first-order chi connectivity index (χ1) is 10.5. The normalized spacial score (nSPS) is 17.6. The quantitative estimate of drug-likeness (QED) is 0.936. The minimum Gasteiger partial charge on any atom is -0.508 e. The third-order valence-corrected chi connectivity index (χ3v) is 4.59. The Hall–Kier alpha value is -2.28. The van der Waals surface area contributed by atoms with Crippen molar-refractivity contribution in [2.24, 2.45) is 0 Å². The highest BCUT2D eigenvalue weighted by Crippen LogP contribution is 2.38. The fraction of sp³-hybridized carbons (Fsp3) is 0.267. The zero-order valence-electron chi connectivity index (χ0n) is 12.3. The summed E-state index contributed by atoms with van der Waals surface area (Å²) in [5.74, 6) is -0.0231. The molecular formula is C15H16N4O2S. The van der Waals surface area contributed by atoms with Crippen LogP contribution in [0.4, 0.5) is 0 Å². The zero-order valence-corrected chi connectivity index (χ0v) is 13.1. The van der Waals surface area contributed by atoms with Crippen LogP contribution in [0, 0.1) is 6.92 Å². The van der Waals surface area contributed by atoms with Crippen LogP contribution in [0.15, 0.2) is 46.6 Å². The Morgan fingerprint density at radius 1 is 1.36 bits per heavy atom. The molecule has 1 aliphatic rings. The van der Waals surface area contributed by atoms with Crippen molar-refractivity contribution in [1.29, 1.82) is 0 Å². The van der Waals surface area contributed by atoms with E-state index in [1.807, 2.05) is 19.3 Å².